The fraction of sp³-hybridized carbons (Fsp3) is 0.364. The molecule has 0 aromatic heterocycles. The van der Waals surface area contributed by atoms with Crippen LogP contribution in [0.15, 0.2) is 30.3 Å². The monoisotopic (exact) mass is 254 g/mol. The molecule has 74 valence electrons. The molecule has 0 bridgehead atoms. The summed E-state index contributed by atoms with van der Waals surface area (Å²) >= 11 is 3.56. The third-order valence-corrected chi connectivity index (χ3v) is 3.48. The van der Waals surface area contributed by atoms with E-state index >= 15 is 0 Å². The molecule has 1 saturated heterocycles. The Bertz CT molecular complexity index is 323. The largest absolute Gasteiger partial charge is 0.461 e. The Labute approximate surface area is 91.4 Å². The molecule has 3 heteroatoms. The van der Waals surface area contributed by atoms with Crippen LogP contribution in [0.4, 0.5) is 0 Å². The number of carbonyl (C=O) groups excluding carboxylic acids is 1. The van der Waals surface area contributed by atoms with Gasteiger partial charge in [0, 0.05) is 6.42 Å². The number of carbonyl (C=O) groups is 1. The molecule has 1 heterocycles. The number of rotatable bonds is 2. The molecule has 0 amide bonds. The number of ether oxygens (including phenoxy) is 1. The lowest BCUT2D eigenvalue weighted by atomic mass is 10.1. The third-order valence-electron chi connectivity index (χ3n) is 2.36. The van der Waals surface area contributed by atoms with E-state index in [1.165, 1.54) is 0 Å². The van der Waals surface area contributed by atoms with Crippen LogP contribution in [0, 0.1) is 0 Å². The van der Waals surface area contributed by atoms with Gasteiger partial charge in [-0.15, -0.1) is 0 Å². The summed E-state index contributed by atoms with van der Waals surface area (Å²) < 4.78 is 5.19. The molecular formula is C11H11BrO2. The minimum absolute atomic E-state index is 0.00935. The number of benzene rings is 1. The van der Waals surface area contributed by atoms with Crippen molar-refractivity contribution in [1.82, 2.24) is 0 Å². The van der Waals surface area contributed by atoms with Crippen molar-refractivity contribution in [3.05, 3.63) is 35.9 Å². The topological polar surface area (TPSA) is 26.3 Å². The van der Waals surface area contributed by atoms with E-state index in [-0.39, 0.29) is 16.9 Å². The molecule has 0 saturated carbocycles. The van der Waals surface area contributed by atoms with Crippen LogP contribution in [0.1, 0.15) is 23.2 Å². The second kappa shape index (κ2) is 4.13. The minimum atomic E-state index is -0.0876. The van der Waals surface area contributed by atoms with E-state index in [0.717, 1.165) is 12.0 Å². The van der Waals surface area contributed by atoms with Gasteiger partial charge in [0.1, 0.15) is 6.10 Å². The number of halogens is 1. The summed E-state index contributed by atoms with van der Waals surface area (Å²) in [5.74, 6) is -0.0876. The maximum absolute atomic E-state index is 10.9. The van der Waals surface area contributed by atoms with Crippen molar-refractivity contribution in [1.29, 1.82) is 0 Å². The smallest absolute Gasteiger partial charge is 0.306 e. The van der Waals surface area contributed by atoms with Gasteiger partial charge in [-0.05, 0) is 12.0 Å². The molecular weight excluding hydrogens is 244 g/mol. The van der Waals surface area contributed by atoms with Gasteiger partial charge in [0.25, 0.3) is 0 Å². The summed E-state index contributed by atoms with van der Waals surface area (Å²) in [6.07, 6.45) is 1.34. The Kier molecular flexibility index (Phi) is 2.87. The van der Waals surface area contributed by atoms with E-state index in [2.05, 4.69) is 15.9 Å². The molecule has 0 N–H and O–H groups in total. The molecule has 0 unspecified atom stereocenters. The number of hydrogen-bond donors (Lipinski definition) is 0. The highest BCUT2D eigenvalue weighted by atomic mass is 79.9. The van der Waals surface area contributed by atoms with Crippen LogP contribution in [0.25, 0.3) is 0 Å². The Morgan fingerprint density at radius 1 is 1.36 bits per heavy atom. The van der Waals surface area contributed by atoms with Crippen LogP contribution in [0.3, 0.4) is 0 Å². The average Bonchev–Trinajstić information content (AvgIpc) is 2.65. The summed E-state index contributed by atoms with van der Waals surface area (Å²) in [6.45, 7) is 0. The lowest BCUT2D eigenvalue weighted by Gasteiger charge is -2.16. The molecule has 1 aromatic rings. The number of esters is 1. The third kappa shape index (κ3) is 1.98. The Hall–Kier alpha value is -0.830. The van der Waals surface area contributed by atoms with Crippen molar-refractivity contribution < 1.29 is 9.53 Å². The molecule has 1 aromatic carbocycles. The summed E-state index contributed by atoms with van der Waals surface area (Å²) in [4.78, 5) is 11.1. The van der Waals surface area contributed by atoms with Gasteiger partial charge >= 0.3 is 5.97 Å². The zero-order valence-corrected chi connectivity index (χ0v) is 9.24. The fourth-order valence-electron chi connectivity index (χ4n) is 1.60. The first kappa shape index (κ1) is 9.71. The van der Waals surface area contributed by atoms with Crippen LogP contribution >= 0.6 is 15.9 Å². The second-order valence-electron chi connectivity index (χ2n) is 3.38. The van der Waals surface area contributed by atoms with E-state index < -0.39 is 0 Å². The van der Waals surface area contributed by atoms with E-state index in [4.69, 9.17) is 4.74 Å². The van der Waals surface area contributed by atoms with Gasteiger partial charge in [-0.2, -0.15) is 0 Å². The van der Waals surface area contributed by atoms with Crippen LogP contribution in [-0.4, -0.2) is 12.1 Å². The Morgan fingerprint density at radius 2 is 2.07 bits per heavy atom. The number of alkyl halides is 1. The first-order valence-corrected chi connectivity index (χ1v) is 5.57. The maximum atomic E-state index is 10.9. The molecule has 14 heavy (non-hydrogen) atoms. The summed E-state index contributed by atoms with van der Waals surface area (Å²) in [5.41, 5.74) is 1.16. The molecule has 2 atom stereocenters. The lowest BCUT2D eigenvalue weighted by molar-refractivity contribution is -0.141. The van der Waals surface area contributed by atoms with E-state index in [1.807, 2.05) is 30.3 Å². The standard InChI is InChI=1S/C11H11BrO2/c12-11(8-4-2-1-3-5-8)9-6-7-10(13)14-9/h1-5,9,11H,6-7H2/t9-,11-/m0/s1. The van der Waals surface area contributed by atoms with E-state index in [9.17, 15) is 4.79 Å². The number of hydrogen-bond acceptors (Lipinski definition) is 2. The zero-order valence-electron chi connectivity index (χ0n) is 7.65. The molecule has 0 radical (unpaired) electrons. The predicted octanol–water partition coefficient (Wildman–Crippen LogP) is 2.83. The van der Waals surface area contributed by atoms with Crippen LogP contribution < -0.4 is 0 Å². The normalized spacial score (nSPS) is 23.2. The number of cyclic esters (lactones) is 1. The SMILES string of the molecule is O=C1CC[C@@H]([C@@H](Br)c2ccccc2)O1. The zero-order chi connectivity index (χ0) is 9.97. The predicted molar refractivity (Wildman–Crippen MR) is 57.2 cm³/mol. The van der Waals surface area contributed by atoms with Crippen LogP contribution in [0.2, 0.25) is 0 Å². The van der Waals surface area contributed by atoms with Crippen molar-refractivity contribution in [3.63, 3.8) is 0 Å². The molecule has 0 spiro atoms. The quantitative estimate of drug-likeness (QED) is 0.600. The lowest BCUT2D eigenvalue weighted by Crippen LogP contribution is -2.13. The molecule has 1 aliphatic heterocycles. The van der Waals surface area contributed by atoms with E-state index in [0.29, 0.717) is 6.42 Å². The van der Waals surface area contributed by atoms with Gasteiger partial charge < -0.3 is 4.74 Å². The van der Waals surface area contributed by atoms with Crippen molar-refractivity contribution in [2.24, 2.45) is 0 Å². The summed E-state index contributed by atoms with van der Waals surface area (Å²) in [7, 11) is 0. The van der Waals surface area contributed by atoms with Crippen molar-refractivity contribution >= 4 is 21.9 Å². The highest BCUT2D eigenvalue weighted by Gasteiger charge is 2.30. The molecule has 1 aliphatic rings. The van der Waals surface area contributed by atoms with Gasteiger partial charge in [-0.1, -0.05) is 46.3 Å². The maximum Gasteiger partial charge on any atom is 0.306 e. The highest BCUT2D eigenvalue weighted by Crippen LogP contribution is 2.33. The molecule has 0 aliphatic carbocycles. The Balaban J connectivity index is 2.09. The van der Waals surface area contributed by atoms with Crippen molar-refractivity contribution in [2.45, 2.75) is 23.8 Å². The van der Waals surface area contributed by atoms with Crippen molar-refractivity contribution in [3.8, 4) is 0 Å². The van der Waals surface area contributed by atoms with Crippen molar-refractivity contribution in [2.75, 3.05) is 0 Å². The Morgan fingerprint density at radius 3 is 2.64 bits per heavy atom. The van der Waals surface area contributed by atoms with Crippen LogP contribution in [0.5, 0.6) is 0 Å². The van der Waals surface area contributed by atoms with Gasteiger partial charge in [-0.3, -0.25) is 4.79 Å². The van der Waals surface area contributed by atoms with Gasteiger partial charge in [0.2, 0.25) is 0 Å². The summed E-state index contributed by atoms with van der Waals surface area (Å²) in [6, 6.07) is 10.0. The molecule has 2 rings (SSSR count). The second-order valence-corrected chi connectivity index (χ2v) is 4.37. The fourth-order valence-corrected chi connectivity index (χ4v) is 2.28. The van der Waals surface area contributed by atoms with E-state index in [1.54, 1.807) is 0 Å². The molecule has 1 fully saturated rings. The minimum Gasteiger partial charge on any atom is -0.461 e. The summed E-state index contributed by atoms with van der Waals surface area (Å²) in [5, 5.41) is 0. The van der Waals surface area contributed by atoms with Gasteiger partial charge in [-0.25, -0.2) is 0 Å². The average molecular weight is 255 g/mol. The highest BCUT2D eigenvalue weighted by molar-refractivity contribution is 9.09. The first-order valence-electron chi connectivity index (χ1n) is 4.66. The molecule has 2 nitrogen and oxygen atoms in total. The van der Waals surface area contributed by atoms with Gasteiger partial charge in [0.15, 0.2) is 0 Å². The van der Waals surface area contributed by atoms with Gasteiger partial charge in [0.05, 0.1) is 4.83 Å². The first-order chi connectivity index (χ1) is 6.77. The van der Waals surface area contributed by atoms with Crippen LogP contribution in [-0.2, 0) is 9.53 Å².